The first-order chi connectivity index (χ1) is 9.11. The van der Waals surface area contributed by atoms with Crippen LogP contribution in [0.2, 0.25) is 0 Å². The third-order valence-corrected chi connectivity index (χ3v) is 3.24. The first kappa shape index (κ1) is 13.6. The number of hydrogen-bond donors (Lipinski definition) is 0. The molecule has 2 rings (SSSR count). The third kappa shape index (κ3) is 3.12. The maximum absolute atomic E-state index is 12.5. The molecule has 4 nitrogen and oxygen atoms in total. The van der Waals surface area contributed by atoms with Gasteiger partial charge in [0.2, 0.25) is 5.91 Å². The van der Waals surface area contributed by atoms with Crippen molar-refractivity contribution >= 4 is 5.91 Å². The van der Waals surface area contributed by atoms with Crippen LogP contribution >= 0.6 is 0 Å². The zero-order valence-electron chi connectivity index (χ0n) is 11.2. The largest absolute Gasteiger partial charge is 0.372 e. The number of rotatable bonds is 2. The van der Waals surface area contributed by atoms with Gasteiger partial charge in [-0.15, -0.1) is 0 Å². The fourth-order valence-corrected chi connectivity index (χ4v) is 2.46. The van der Waals surface area contributed by atoms with E-state index in [2.05, 4.69) is 6.07 Å². The van der Waals surface area contributed by atoms with Gasteiger partial charge in [-0.25, -0.2) is 0 Å². The summed E-state index contributed by atoms with van der Waals surface area (Å²) in [4.78, 5) is 14.2. The van der Waals surface area contributed by atoms with E-state index >= 15 is 0 Å². The van der Waals surface area contributed by atoms with E-state index in [-0.39, 0.29) is 18.1 Å². The van der Waals surface area contributed by atoms with Crippen LogP contribution in [0, 0.1) is 11.3 Å². The molecule has 1 amide bonds. The molecule has 1 saturated heterocycles. The summed E-state index contributed by atoms with van der Waals surface area (Å²) in [5, 5.41) is 9.28. The lowest BCUT2D eigenvalue weighted by Crippen LogP contribution is -2.49. The summed E-state index contributed by atoms with van der Waals surface area (Å²) in [6, 6.07) is 11.3. The Balaban J connectivity index is 2.16. The lowest BCUT2D eigenvalue weighted by atomic mass is 9.98. The molecule has 1 fully saturated rings. The molecule has 0 saturated carbocycles. The van der Waals surface area contributed by atoms with E-state index in [4.69, 9.17) is 4.74 Å². The molecule has 0 N–H and O–H groups in total. The van der Waals surface area contributed by atoms with Crippen LogP contribution in [-0.4, -0.2) is 36.1 Å². The molecule has 100 valence electrons. The lowest BCUT2D eigenvalue weighted by molar-refractivity contribution is -0.143. The minimum atomic E-state index is -0.723. The van der Waals surface area contributed by atoms with Crippen LogP contribution in [0.4, 0.5) is 0 Å². The molecule has 3 atom stereocenters. The monoisotopic (exact) mass is 258 g/mol. The van der Waals surface area contributed by atoms with Crippen molar-refractivity contribution in [3.05, 3.63) is 35.9 Å². The molecule has 1 unspecified atom stereocenters. The van der Waals surface area contributed by atoms with Crippen molar-refractivity contribution in [2.45, 2.75) is 32.0 Å². The number of nitrogens with zero attached hydrogens (tertiary/aromatic N) is 2. The van der Waals surface area contributed by atoms with E-state index in [0.29, 0.717) is 13.1 Å². The van der Waals surface area contributed by atoms with Gasteiger partial charge in [0.25, 0.3) is 0 Å². The number of hydrogen-bond acceptors (Lipinski definition) is 3. The van der Waals surface area contributed by atoms with Gasteiger partial charge in [-0.05, 0) is 19.4 Å². The topological polar surface area (TPSA) is 53.3 Å². The van der Waals surface area contributed by atoms with E-state index < -0.39 is 5.92 Å². The maximum atomic E-state index is 12.5. The zero-order chi connectivity index (χ0) is 13.8. The number of carbonyl (C=O) groups is 1. The van der Waals surface area contributed by atoms with Crippen LogP contribution in [0.15, 0.2) is 30.3 Å². The molecule has 0 spiro atoms. The molecule has 4 heteroatoms. The Labute approximate surface area is 113 Å². The molecule has 1 aromatic carbocycles. The van der Waals surface area contributed by atoms with Gasteiger partial charge in [0.1, 0.15) is 5.92 Å². The van der Waals surface area contributed by atoms with Gasteiger partial charge in [-0.1, -0.05) is 30.3 Å². The van der Waals surface area contributed by atoms with Crippen LogP contribution in [0.1, 0.15) is 25.3 Å². The second kappa shape index (κ2) is 5.85. The van der Waals surface area contributed by atoms with Gasteiger partial charge >= 0.3 is 0 Å². The van der Waals surface area contributed by atoms with E-state index in [0.717, 1.165) is 5.56 Å². The quantitative estimate of drug-likeness (QED) is 0.814. The van der Waals surface area contributed by atoms with Crippen molar-refractivity contribution in [1.82, 2.24) is 4.90 Å². The first-order valence-corrected chi connectivity index (χ1v) is 6.50. The van der Waals surface area contributed by atoms with Crippen LogP contribution < -0.4 is 0 Å². The van der Waals surface area contributed by atoms with Crippen molar-refractivity contribution in [1.29, 1.82) is 5.26 Å². The predicted octanol–water partition coefficient (Wildman–Crippen LogP) is 1.93. The molecular formula is C15H18N2O2. The lowest BCUT2D eigenvalue weighted by Gasteiger charge is -2.36. The van der Waals surface area contributed by atoms with E-state index in [1.165, 1.54) is 0 Å². The zero-order valence-corrected chi connectivity index (χ0v) is 11.2. The fraction of sp³-hybridized carbons (Fsp3) is 0.467. The second-order valence-electron chi connectivity index (χ2n) is 4.97. The van der Waals surface area contributed by atoms with Crippen molar-refractivity contribution in [3.8, 4) is 6.07 Å². The van der Waals surface area contributed by atoms with Gasteiger partial charge in [0.05, 0.1) is 18.3 Å². The highest BCUT2D eigenvalue weighted by molar-refractivity contribution is 5.86. The second-order valence-corrected chi connectivity index (χ2v) is 4.97. The minimum Gasteiger partial charge on any atom is -0.372 e. The standard InChI is InChI=1S/C15H18N2O2/c1-11-9-17(10-12(2)19-11)15(18)14(8-16)13-6-4-3-5-7-13/h3-7,11-12,14H,9-10H2,1-2H3/t11-,12+,14?. The predicted molar refractivity (Wildman–Crippen MR) is 71.4 cm³/mol. The summed E-state index contributed by atoms with van der Waals surface area (Å²) in [6.07, 6.45) is 0.0330. The number of morpholine rings is 1. The summed E-state index contributed by atoms with van der Waals surface area (Å²) in [5.41, 5.74) is 0.752. The third-order valence-electron chi connectivity index (χ3n) is 3.24. The van der Waals surface area contributed by atoms with Gasteiger partial charge < -0.3 is 9.64 Å². The van der Waals surface area contributed by atoms with Crippen molar-refractivity contribution in [3.63, 3.8) is 0 Å². The Morgan fingerprint density at radius 3 is 2.42 bits per heavy atom. The minimum absolute atomic E-state index is 0.0165. The van der Waals surface area contributed by atoms with Crippen molar-refractivity contribution < 1.29 is 9.53 Å². The number of nitriles is 1. The van der Waals surface area contributed by atoms with Gasteiger partial charge in [-0.3, -0.25) is 4.79 Å². The SMILES string of the molecule is C[C@@H]1CN(C(=O)C(C#N)c2ccccc2)C[C@H](C)O1. The molecule has 19 heavy (non-hydrogen) atoms. The molecule has 0 aromatic heterocycles. The summed E-state index contributed by atoms with van der Waals surface area (Å²) in [6.45, 7) is 4.99. The summed E-state index contributed by atoms with van der Waals surface area (Å²) in [5.74, 6) is -0.852. The molecule has 0 aliphatic carbocycles. The number of carbonyl (C=O) groups excluding carboxylic acids is 1. The fourth-order valence-electron chi connectivity index (χ4n) is 2.46. The van der Waals surface area contributed by atoms with E-state index in [1.807, 2.05) is 44.2 Å². The highest BCUT2D eigenvalue weighted by Gasteiger charge is 2.31. The molecule has 1 heterocycles. The van der Waals surface area contributed by atoms with E-state index in [1.54, 1.807) is 4.90 Å². The van der Waals surface area contributed by atoms with Crippen molar-refractivity contribution in [2.75, 3.05) is 13.1 Å². The molecular weight excluding hydrogens is 240 g/mol. The smallest absolute Gasteiger partial charge is 0.244 e. The number of amides is 1. The average molecular weight is 258 g/mol. The molecule has 1 aromatic rings. The Hall–Kier alpha value is -1.86. The highest BCUT2D eigenvalue weighted by atomic mass is 16.5. The molecule has 1 aliphatic heterocycles. The Bertz CT molecular complexity index is 471. The molecule has 0 bridgehead atoms. The number of benzene rings is 1. The van der Waals surface area contributed by atoms with Gasteiger partial charge in [-0.2, -0.15) is 5.26 Å². The van der Waals surface area contributed by atoms with Crippen LogP contribution in [-0.2, 0) is 9.53 Å². The highest BCUT2D eigenvalue weighted by Crippen LogP contribution is 2.20. The molecule has 0 radical (unpaired) electrons. The van der Waals surface area contributed by atoms with E-state index in [9.17, 15) is 10.1 Å². The summed E-state index contributed by atoms with van der Waals surface area (Å²) < 4.78 is 5.61. The average Bonchev–Trinajstić information content (AvgIpc) is 2.39. The van der Waals surface area contributed by atoms with Crippen LogP contribution in [0.3, 0.4) is 0 Å². The van der Waals surface area contributed by atoms with Crippen LogP contribution in [0.25, 0.3) is 0 Å². The van der Waals surface area contributed by atoms with Gasteiger partial charge in [0.15, 0.2) is 0 Å². The molecule has 1 aliphatic rings. The Morgan fingerprint density at radius 1 is 1.32 bits per heavy atom. The summed E-state index contributed by atoms with van der Waals surface area (Å²) >= 11 is 0. The Kier molecular flexibility index (Phi) is 4.18. The van der Waals surface area contributed by atoms with Crippen molar-refractivity contribution in [2.24, 2.45) is 0 Å². The Morgan fingerprint density at radius 2 is 1.89 bits per heavy atom. The summed E-state index contributed by atoms with van der Waals surface area (Å²) in [7, 11) is 0. The number of ether oxygens (including phenoxy) is 1. The van der Waals surface area contributed by atoms with Gasteiger partial charge in [0, 0.05) is 13.1 Å². The first-order valence-electron chi connectivity index (χ1n) is 6.50. The maximum Gasteiger partial charge on any atom is 0.244 e. The normalized spacial score (nSPS) is 24.6. The van der Waals surface area contributed by atoms with Crippen LogP contribution in [0.5, 0.6) is 0 Å².